The van der Waals surface area contributed by atoms with Crippen LogP contribution in [0.15, 0.2) is 10.3 Å². The second-order valence-corrected chi connectivity index (χ2v) is 7.00. The van der Waals surface area contributed by atoms with E-state index in [1.54, 1.807) is 0 Å². The van der Waals surface area contributed by atoms with E-state index in [1.807, 2.05) is 10.6 Å². The standard InChI is InChI=1S/C9H7ClN2O6S2/c1-2-3-5(9(13)14)11-20(17,18)7-4-6(12(15)16)8(10)19-7/h1,4-5,11H,3H2,(H,13,14). The maximum Gasteiger partial charge on any atom is 0.322 e. The molecule has 1 atom stereocenters. The Kier molecular flexibility index (Phi) is 5.07. The third-order valence-electron chi connectivity index (χ3n) is 2.03. The zero-order valence-corrected chi connectivity index (χ0v) is 12.0. The van der Waals surface area contributed by atoms with Crippen molar-refractivity contribution in [3.8, 4) is 12.3 Å². The molecule has 1 aromatic rings. The van der Waals surface area contributed by atoms with Crippen molar-refractivity contribution in [3.63, 3.8) is 0 Å². The predicted molar refractivity (Wildman–Crippen MR) is 71.2 cm³/mol. The Morgan fingerprint density at radius 1 is 1.70 bits per heavy atom. The fraction of sp³-hybridized carbons (Fsp3) is 0.222. The largest absolute Gasteiger partial charge is 0.480 e. The van der Waals surface area contributed by atoms with E-state index < -0.39 is 36.9 Å². The van der Waals surface area contributed by atoms with Gasteiger partial charge in [-0.3, -0.25) is 14.9 Å². The molecule has 1 rings (SSSR count). The molecule has 0 bridgehead atoms. The average Bonchev–Trinajstić information content (AvgIpc) is 2.71. The number of carboxylic acid groups (broad SMARTS) is 1. The van der Waals surface area contributed by atoms with Crippen LogP contribution in [0.25, 0.3) is 0 Å². The van der Waals surface area contributed by atoms with Gasteiger partial charge in [0.15, 0.2) is 4.34 Å². The molecule has 0 saturated carbocycles. The first kappa shape index (κ1) is 16.4. The van der Waals surface area contributed by atoms with Gasteiger partial charge in [0.2, 0.25) is 0 Å². The highest BCUT2D eigenvalue weighted by Crippen LogP contribution is 2.36. The van der Waals surface area contributed by atoms with Crippen molar-refractivity contribution in [2.45, 2.75) is 16.7 Å². The number of hydrogen-bond acceptors (Lipinski definition) is 6. The molecule has 0 spiro atoms. The number of carboxylic acids is 1. The van der Waals surface area contributed by atoms with Gasteiger partial charge in [0.1, 0.15) is 10.3 Å². The highest BCUT2D eigenvalue weighted by Gasteiger charge is 2.29. The fourth-order valence-electron chi connectivity index (χ4n) is 1.14. The molecular formula is C9H7ClN2O6S2. The highest BCUT2D eigenvalue weighted by molar-refractivity contribution is 7.91. The number of nitro groups is 1. The van der Waals surface area contributed by atoms with Crippen molar-refractivity contribution >= 4 is 44.6 Å². The van der Waals surface area contributed by atoms with Crippen molar-refractivity contribution in [3.05, 3.63) is 20.5 Å². The van der Waals surface area contributed by atoms with Crippen LogP contribution < -0.4 is 4.72 Å². The van der Waals surface area contributed by atoms with Crippen molar-refractivity contribution in [1.82, 2.24) is 4.72 Å². The predicted octanol–water partition coefficient (Wildman–Crippen LogP) is 1.06. The van der Waals surface area contributed by atoms with Gasteiger partial charge >= 0.3 is 5.97 Å². The molecule has 0 radical (unpaired) electrons. The second kappa shape index (κ2) is 6.19. The minimum Gasteiger partial charge on any atom is -0.480 e. The Balaban J connectivity index is 3.11. The third kappa shape index (κ3) is 3.67. The summed E-state index contributed by atoms with van der Waals surface area (Å²) in [6.45, 7) is 0. The third-order valence-corrected chi connectivity index (χ3v) is 5.31. The van der Waals surface area contributed by atoms with Gasteiger partial charge in [-0.05, 0) is 0 Å². The summed E-state index contributed by atoms with van der Waals surface area (Å²) < 4.78 is 24.9. The summed E-state index contributed by atoms with van der Waals surface area (Å²) in [5, 5.41) is 19.4. The molecule has 1 unspecified atom stereocenters. The van der Waals surface area contributed by atoms with E-state index >= 15 is 0 Å². The number of hydrogen-bond donors (Lipinski definition) is 2. The van der Waals surface area contributed by atoms with Gasteiger partial charge in [-0.15, -0.1) is 23.7 Å². The topological polar surface area (TPSA) is 127 Å². The first-order chi connectivity index (χ1) is 9.19. The van der Waals surface area contributed by atoms with Gasteiger partial charge in [0, 0.05) is 12.5 Å². The molecule has 0 aliphatic rings. The lowest BCUT2D eigenvalue weighted by atomic mass is 10.2. The minimum absolute atomic E-state index is 0.320. The van der Waals surface area contributed by atoms with Gasteiger partial charge in [-0.2, -0.15) is 4.72 Å². The van der Waals surface area contributed by atoms with Gasteiger partial charge in [0.25, 0.3) is 15.7 Å². The molecule has 108 valence electrons. The molecule has 1 heterocycles. The Morgan fingerprint density at radius 2 is 2.30 bits per heavy atom. The Morgan fingerprint density at radius 3 is 2.70 bits per heavy atom. The summed E-state index contributed by atoms with van der Waals surface area (Å²) in [5.74, 6) is 0.564. The van der Waals surface area contributed by atoms with Crippen molar-refractivity contribution < 1.29 is 23.2 Å². The molecule has 8 nitrogen and oxygen atoms in total. The number of sulfonamides is 1. The van der Waals surface area contributed by atoms with E-state index in [2.05, 4.69) is 0 Å². The van der Waals surface area contributed by atoms with Crippen LogP contribution in [0.4, 0.5) is 5.69 Å². The number of nitrogens with one attached hydrogen (secondary N) is 1. The minimum atomic E-state index is -4.26. The van der Waals surface area contributed by atoms with E-state index in [-0.39, 0.29) is 10.8 Å². The van der Waals surface area contributed by atoms with Crippen LogP contribution in [-0.4, -0.2) is 30.5 Å². The zero-order valence-electron chi connectivity index (χ0n) is 9.57. The lowest BCUT2D eigenvalue weighted by Gasteiger charge is -2.10. The summed E-state index contributed by atoms with van der Waals surface area (Å²) in [6.07, 6.45) is 4.57. The Labute approximate surface area is 122 Å². The maximum atomic E-state index is 11.9. The van der Waals surface area contributed by atoms with Gasteiger partial charge in [-0.25, -0.2) is 8.42 Å². The quantitative estimate of drug-likeness (QED) is 0.453. The Bertz CT molecular complexity index is 690. The van der Waals surface area contributed by atoms with Crippen LogP contribution in [0.1, 0.15) is 6.42 Å². The molecule has 0 saturated heterocycles. The Hall–Kier alpha value is -1.67. The number of halogens is 1. The van der Waals surface area contributed by atoms with Crippen LogP contribution in [-0.2, 0) is 14.8 Å². The molecule has 1 aromatic heterocycles. The highest BCUT2D eigenvalue weighted by atomic mass is 35.5. The van der Waals surface area contributed by atoms with Crippen molar-refractivity contribution in [2.75, 3.05) is 0 Å². The number of thiophene rings is 1. The molecule has 0 aliphatic carbocycles. The van der Waals surface area contributed by atoms with Gasteiger partial charge in [-0.1, -0.05) is 11.6 Å². The first-order valence-electron chi connectivity index (χ1n) is 4.81. The molecule has 2 N–H and O–H groups in total. The zero-order chi connectivity index (χ0) is 15.5. The second-order valence-electron chi connectivity index (χ2n) is 3.40. The normalized spacial score (nSPS) is 12.6. The summed E-state index contributed by atoms with van der Waals surface area (Å²) in [5.41, 5.74) is -0.569. The summed E-state index contributed by atoms with van der Waals surface area (Å²) in [4.78, 5) is 20.6. The molecular weight excluding hydrogens is 332 g/mol. The van der Waals surface area contributed by atoms with Crippen LogP contribution >= 0.6 is 22.9 Å². The molecule has 0 aliphatic heterocycles. The van der Waals surface area contributed by atoms with E-state index in [4.69, 9.17) is 23.1 Å². The molecule has 0 fully saturated rings. The molecule has 0 amide bonds. The molecule has 11 heteroatoms. The summed E-state index contributed by atoms with van der Waals surface area (Å²) >= 11 is 5.99. The van der Waals surface area contributed by atoms with Crippen LogP contribution in [0.2, 0.25) is 4.34 Å². The first-order valence-corrected chi connectivity index (χ1v) is 7.49. The lowest BCUT2D eigenvalue weighted by Crippen LogP contribution is -2.40. The van der Waals surface area contributed by atoms with E-state index in [0.29, 0.717) is 11.3 Å². The number of carbonyl (C=O) groups is 1. The van der Waals surface area contributed by atoms with Gasteiger partial charge in [0.05, 0.1) is 4.92 Å². The number of nitrogens with zero attached hydrogens (tertiary/aromatic N) is 1. The lowest BCUT2D eigenvalue weighted by molar-refractivity contribution is -0.384. The smallest absolute Gasteiger partial charge is 0.322 e. The van der Waals surface area contributed by atoms with Gasteiger partial charge < -0.3 is 5.11 Å². The SMILES string of the molecule is C#CCC(NS(=O)(=O)c1cc([N+](=O)[O-])c(Cl)s1)C(=O)O. The van der Waals surface area contributed by atoms with Crippen LogP contribution in [0.5, 0.6) is 0 Å². The molecule has 0 aromatic carbocycles. The summed E-state index contributed by atoms with van der Waals surface area (Å²) in [6, 6.07) is -0.769. The number of terminal acetylenes is 1. The monoisotopic (exact) mass is 338 g/mol. The van der Waals surface area contributed by atoms with Crippen molar-refractivity contribution in [1.29, 1.82) is 0 Å². The number of rotatable bonds is 6. The van der Waals surface area contributed by atoms with Crippen LogP contribution in [0.3, 0.4) is 0 Å². The van der Waals surface area contributed by atoms with Crippen molar-refractivity contribution in [2.24, 2.45) is 0 Å². The summed E-state index contributed by atoms with van der Waals surface area (Å²) in [7, 11) is -4.26. The van der Waals surface area contributed by atoms with E-state index in [1.165, 1.54) is 0 Å². The molecule has 20 heavy (non-hydrogen) atoms. The average molecular weight is 339 g/mol. The van der Waals surface area contributed by atoms with E-state index in [0.717, 1.165) is 6.07 Å². The van der Waals surface area contributed by atoms with E-state index in [9.17, 15) is 23.3 Å². The van der Waals surface area contributed by atoms with Crippen LogP contribution in [0, 0.1) is 22.5 Å². The maximum absolute atomic E-state index is 11.9. The fourth-order valence-corrected chi connectivity index (χ4v) is 4.01. The number of aliphatic carboxylic acids is 1.